The van der Waals surface area contributed by atoms with E-state index in [0.29, 0.717) is 0 Å². The van der Waals surface area contributed by atoms with Crippen LogP contribution in [0.1, 0.15) is 58.4 Å². The average Bonchev–Trinajstić information content (AvgIpc) is 2.44. The Morgan fingerprint density at radius 1 is 1.05 bits per heavy atom. The van der Waals surface area contributed by atoms with Crippen LogP contribution in [0.25, 0.3) is 6.08 Å². The van der Waals surface area contributed by atoms with E-state index in [9.17, 15) is 4.79 Å². The minimum absolute atomic E-state index is 0.150. The summed E-state index contributed by atoms with van der Waals surface area (Å²) in [6.07, 6.45) is 10.3. The van der Waals surface area contributed by atoms with Crippen molar-refractivity contribution in [3.63, 3.8) is 0 Å². The molecule has 108 valence electrons. The van der Waals surface area contributed by atoms with Crippen LogP contribution in [-0.4, -0.2) is 5.78 Å². The lowest BCUT2D eigenvalue weighted by atomic mass is 10.0. The maximum Gasteiger partial charge on any atom is 0.155 e. The number of rotatable bonds is 8. The number of carbonyl (C=O) groups is 1. The van der Waals surface area contributed by atoms with Crippen LogP contribution in [0, 0.1) is 0 Å². The van der Waals surface area contributed by atoms with Crippen LogP contribution >= 0.6 is 0 Å². The number of unbranched alkanes of at least 4 members (excludes halogenated alkanes) is 3. The van der Waals surface area contributed by atoms with E-state index in [1.54, 1.807) is 6.92 Å². The number of carbonyl (C=O) groups excluding carboxylic acids is 1. The molecule has 0 bridgehead atoms. The topological polar surface area (TPSA) is 17.1 Å². The Morgan fingerprint density at radius 2 is 1.75 bits per heavy atom. The van der Waals surface area contributed by atoms with Crippen LogP contribution in [0.4, 0.5) is 0 Å². The number of benzene rings is 1. The summed E-state index contributed by atoms with van der Waals surface area (Å²) in [7, 11) is 0. The highest BCUT2D eigenvalue weighted by molar-refractivity contribution is 5.93. The first-order valence-corrected chi connectivity index (χ1v) is 7.58. The van der Waals surface area contributed by atoms with Gasteiger partial charge >= 0.3 is 0 Å². The van der Waals surface area contributed by atoms with Crippen molar-refractivity contribution >= 4 is 11.9 Å². The smallest absolute Gasteiger partial charge is 0.155 e. The summed E-state index contributed by atoms with van der Waals surface area (Å²) < 4.78 is 0. The molecule has 0 amide bonds. The average molecular weight is 270 g/mol. The lowest BCUT2D eigenvalue weighted by Gasteiger charge is -2.05. The molecule has 0 aliphatic rings. The molecular formula is C19H26O. The van der Waals surface area contributed by atoms with Gasteiger partial charge in [-0.05, 0) is 43.4 Å². The van der Waals surface area contributed by atoms with Crippen LogP contribution in [-0.2, 0) is 4.79 Å². The third-order valence-corrected chi connectivity index (χ3v) is 3.43. The largest absolute Gasteiger partial charge is 0.295 e. The zero-order valence-electron chi connectivity index (χ0n) is 13.0. The number of allylic oxidation sites excluding steroid dienone is 3. The maximum atomic E-state index is 11.4. The molecule has 1 rings (SSSR count). The molecule has 1 aromatic rings. The zero-order valence-corrected chi connectivity index (χ0v) is 13.0. The van der Waals surface area contributed by atoms with E-state index in [4.69, 9.17) is 0 Å². The standard InChI is InChI=1S/C19H26O/c1-4-5-6-8-13-19(14-16(2)17(3)20)15-18-11-9-7-10-12-18/h7,9-12,14-15H,4-6,8,13H2,1-3H3. The molecule has 0 aliphatic carbocycles. The van der Waals surface area contributed by atoms with Crippen molar-refractivity contribution < 1.29 is 4.79 Å². The van der Waals surface area contributed by atoms with Crippen molar-refractivity contribution in [3.05, 3.63) is 53.1 Å². The van der Waals surface area contributed by atoms with E-state index in [0.717, 1.165) is 12.0 Å². The third kappa shape index (κ3) is 6.51. The van der Waals surface area contributed by atoms with Gasteiger partial charge < -0.3 is 0 Å². The highest BCUT2D eigenvalue weighted by Crippen LogP contribution is 2.17. The van der Waals surface area contributed by atoms with Gasteiger partial charge in [-0.2, -0.15) is 0 Å². The Hall–Kier alpha value is -1.63. The molecule has 0 atom stereocenters. The Labute approximate surface area is 123 Å². The van der Waals surface area contributed by atoms with Crippen molar-refractivity contribution in [2.75, 3.05) is 0 Å². The number of hydrogen-bond donors (Lipinski definition) is 0. The molecule has 0 aliphatic heterocycles. The van der Waals surface area contributed by atoms with Crippen molar-refractivity contribution in [2.24, 2.45) is 0 Å². The van der Waals surface area contributed by atoms with Crippen molar-refractivity contribution in [1.82, 2.24) is 0 Å². The second-order valence-corrected chi connectivity index (χ2v) is 5.32. The molecule has 1 aromatic carbocycles. The van der Waals surface area contributed by atoms with Crippen LogP contribution in [0.5, 0.6) is 0 Å². The summed E-state index contributed by atoms with van der Waals surface area (Å²) in [4.78, 5) is 11.4. The molecule has 0 saturated heterocycles. The van der Waals surface area contributed by atoms with Crippen LogP contribution in [0.15, 0.2) is 47.6 Å². The van der Waals surface area contributed by atoms with Gasteiger partial charge in [0.1, 0.15) is 0 Å². The first-order chi connectivity index (χ1) is 9.63. The summed E-state index contributed by atoms with van der Waals surface area (Å²) in [6, 6.07) is 10.3. The van der Waals surface area contributed by atoms with E-state index in [-0.39, 0.29) is 5.78 Å². The van der Waals surface area contributed by atoms with Crippen LogP contribution in [0.3, 0.4) is 0 Å². The summed E-state index contributed by atoms with van der Waals surface area (Å²) >= 11 is 0. The van der Waals surface area contributed by atoms with Gasteiger partial charge in [-0.1, -0.05) is 68.7 Å². The predicted octanol–water partition coefficient (Wildman–Crippen LogP) is 5.58. The van der Waals surface area contributed by atoms with E-state index >= 15 is 0 Å². The molecule has 0 spiro atoms. The normalized spacial score (nSPS) is 12.6. The molecule has 0 fully saturated rings. The predicted molar refractivity (Wildman–Crippen MR) is 87.6 cm³/mol. The minimum atomic E-state index is 0.150. The molecule has 1 nitrogen and oxygen atoms in total. The second-order valence-electron chi connectivity index (χ2n) is 5.32. The van der Waals surface area contributed by atoms with Crippen molar-refractivity contribution in [2.45, 2.75) is 52.9 Å². The number of hydrogen-bond acceptors (Lipinski definition) is 1. The molecule has 0 aromatic heterocycles. The fraction of sp³-hybridized carbons (Fsp3) is 0.421. The monoisotopic (exact) mass is 270 g/mol. The fourth-order valence-electron chi connectivity index (χ4n) is 2.08. The van der Waals surface area contributed by atoms with Crippen molar-refractivity contribution in [3.8, 4) is 0 Å². The Balaban J connectivity index is 2.81. The molecule has 0 heterocycles. The van der Waals surface area contributed by atoms with Gasteiger partial charge in [-0.3, -0.25) is 4.79 Å². The second kappa shape index (κ2) is 9.30. The summed E-state index contributed by atoms with van der Waals surface area (Å²) in [5.41, 5.74) is 3.29. The van der Waals surface area contributed by atoms with Crippen LogP contribution < -0.4 is 0 Å². The molecular weight excluding hydrogens is 244 g/mol. The lowest BCUT2D eigenvalue weighted by Crippen LogP contribution is -1.93. The quantitative estimate of drug-likeness (QED) is 0.342. The highest BCUT2D eigenvalue weighted by Gasteiger charge is 2.00. The van der Waals surface area contributed by atoms with Gasteiger partial charge in [-0.15, -0.1) is 0 Å². The van der Waals surface area contributed by atoms with E-state index in [1.165, 1.54) is 36.8 Å². The van der Waals surface area contributed by atoms with Gasteiger partial charge in [0.05, 0.1) is 0 Å². The lowest BCUT2D eigenvalue weighted by molar-refractivity contribution is -0.113. The first kappa shape index (κ1) is 16.4. The molecule has 0 unspecified atom stereocenters. The van der Waals surface area contributed by atoms with E-state index in [1.807, 2.05) is 31.2 Å². The number of Topliss-reactive ketones (excluding diaryl/α,β-unsaturated/α-hetero) is 1. The Bertz CT molecular complexity index is 466. The summed E-state index contributed by atoms with van der Waals surface area (Å²) in [5, 5.41) is 0. The molecule has 20 heavy (non-hydrogen) atoms. The fourth-order valence-corrected chi connectivity index (χ4v) is 2.08. The maximum absolute atomic E-state index is 11.4. The van der Waals surface area contributed by atoms with Gasteiger partial charge in [-0.25, -0.2) is 0 Å². The highest BCUT2D eigenvalue weighted by atomic mass is 16.1. The molecule has 0 radical (unpaired) electrons. The molecule has 1 heteroatoms. The zero-order chi connectivity index (χ0) is 14.8. The SMILES string of the molecule is CCCCCCC(=Cc1ccccc1)C=C(C)C(C)=O. The van der Waals surface area contributed by atoms with Gasteiger partial charge in [0.2, 0.25) is 0 Å². The first-order valence-electron chi connectivity index (χ1n) is 7.58. The Kier molecular flexibility index (Phi) is 7.64. The van der Waals surface area contributed by atoms with Gasteiger partial charge in [0, 0.05) is 0 Å². The Morgan fingerprint density at radius 3 is 2.35 bits per heavy atom. The van der Waals surface area contributed by atoms with Crippen LogP contribution in [0.2, 0.25) is 0 Å². The van der Waals surface area contributed by atoms with Gasteiger partial charge in [0.25, 0.3) is 0 Å². The number of ketones is 1. The molecule has 0 saturated carbocycles. The minimum Gasteiger partial charge on any atom is -0.295 e. The van der Waals surface area contributed by atoms with E-state index in [2.05, 4.69) is 25.1 Å². The summed E-state index contributed by atoms with van der Waals surface area (Å²) in [6.45, 7) is 5.75. The van der Waals surface area contributed by atoms with Crippen molar-refractivity contribution in [1.29, 1.82) is 0 Å². The molecule has 0 N–H and O–H groups in total. The summed E-state index contributed by atoms with van der Waals surface area (Å²) in [5.74, 6) is 0.150. The third-order valence-electron chi connectivity index (χ3n) is 3.43. The van der Waals surface area contributed by atoms with E-state index < -0.39 is 0 Å². The van der Waals surface area contributed by atoms with Gasteiger partial charge in [0.15, 0.2) is 5.78 Å².